The average Bonchev–Trinajstić information content (AvgIpc) is 3.26. The van der Waals surface area contributed by atoms with Crippen molar-refractivity contribution < 1.29 is 14.6 Å². The fraction of sp³-hybridized carbons (Fsp3) is 0.167. The quantitative estimate of drug-likeness (QED) is 0.310. The van der Waals surface area contributed by atoms with Gasteiger partial charge in [0, 0.05) is 35.9 Å². The van der Waals surface area contributed by atoms with Gasteiger partial charge in [-0.1, -0.05) is 30.3 Å². The second-order valence-electron chi connectivity index (χ2n) is 7.16. The summed E-state index contributed by atoms with van der Waals surface area (Å²) in [5.74, 6) is 0.823. The minimum atomic E-state index is -0.288. The Labute approximate surface area is 189 Å². The van der Waals surface area contributed by atoms with Crippen LogP contribution in [-0.4, -0.2) is 29.1 Å². The van der Waals surface area contributed by atoms with Gasteiger partial charge in [0.05, 0.1) is 16.9 Å². The highest BCUT2D eigenvalue weighted by Gasteiger charge is 2.17. The number of carbonyl (C=O) groups is 1. The van der Waals surface area contributed by atoms with E-state index in [0.717, 1.165) is 32.6 Å². The molecule has 0 aliphatic rings. The van der Waals surface area contributed by atoms with Crippen molar-refractivity contribution in [1.82, 2.24) is 10.3 Å². The second kappa shape index (κ2) is 10.1. The van der Waals surface area contributed by atoms with Crippen LogP contribution in [0.2, 0.25) is 0 Å². The number of thiophene rings is 1. The van der Waals surface area contributed by atoms with E-state index < -0.39 is 0 Å². The molecule has 2 aromatic carbocycles. The van der Waals surface area contributed by atoms with Gasteiger partial charge in [0.2, 0.25) is 0 Å². The summed E-state index contributed by atoms with van der Waals surface area (Å²) in [7, 11) is 0. The van der Waals surface area contributed by atoms with Crippen LogP contribution in [-0.2, 0) is 13.2 Å². The molecular weight excluding hydrogens is 424 g/mol. The Kier molecular flexibility index (Phi) is 6.84. The number of fused-ring (bicyclic) bond motifs is 1. The third-order valence-corrected chi connectivity index (χ3v) is 5.97. The van der Waals surface area contributed by atoms with Crippen molar-refractivity contribution in [1.29, 1.82) is 0 Å². The number of nitrogen functional groups attached to an aromatic ring is 1. The lowest BCUT2D eigenvalue weighted by Gasteiger charge is -2.10. The molecule has 0 bridgehead atoms. The van der Waals surface area contributed by atoms with E-state index in [2.05, 4.69) is 15.6 Å². The molecule has 0 radical (unpaired) electrons. The molecule has 0 atom stereocenters. The molecule has 1 amide bonds. The number of pyridine rings is 1. The third kappa shape index (κ3) is 4.99. The van der Waals surface area contributed by atoms with Gasteiger partial charge in [-0.25, -0.2) is 4.98 Å². The number of nitrogens with zero attached hydrogens (tertiary/aromatic N) is 1. The standard InChI is InChI=1S/C24H24N4O3S/c25-23-21-17(15-32-22(21)20(13-28-23)24(30)26-9-10-29)14-31-19-8-4-5-16(11-19)12-27-18-6-2-1-3-7-18/h1-8,11,13,15,27,29H,9-10,12,14H2,(H2,25,28)(H,26,30). The summed E-state index contributed by atoms with van der Waals surface area (Å²) in [4.78, 5) is 16.6. The molecule has 0 fully saturated rings. The summed E-state index contributed by atoms with van der Waals surface area (Å²) < 4.78 is 6.79. The highest BCUT2D eigenvalue weighted by atomic mass is 32.1. The number of aliphatic hydroxyl groups is 1. The monoisotopic (exact) mass is 448 g/mol. The van der Waals surface area contributed by atoms with Crippen LogP contribution >= 0.6 is 11.3 Å². The maximum absolute atomic E-state index is 12.4. The number of para-hydroxylation sites is 1. The minimum Gasteiger partial charge on any atom is -0.489 e. The molecule has 5 N–H and O–H groups in total. The maximum atomic E-state index is 12.4. The van der Waals surface area contributed by atoms with Crippen LogP contribution in [0.5, 0.6) is 5.75 Å². The molecule has 8 heteroatoms. The fourth-order valence-electron chi connectivity index (χ4n) is 3.33. The van der Waals surface area contributed by atoms with Crippen molar-refractivity contribution in [2.45, 2.75) is 13.2 Å². The number of anilines is 2. The number of aliphatic hydroxyl groups excluding tert-OH is 1. The van der Waals surface area contributed by atoms with Crippen molar-refractivity contribution in [2.75, 3.05) is 24.2 Å². The van der Waals surface area contributed by atoms with Gasteiger partial charge in [-0.2, -0.15) is 0 Å². The molecule has 32 heavy (non-hydrogen) atoms. The highest BCUT2D eigenvalue weighted by molar-refractivity contribution is 7.17. The Bertz CT molecular complexity index is 1210. The number of rotatable bonds is 9. The van der Waals surface area contributed by atoms with Gasteiger partial charge in [0.1, 0.15) is 18.2 Å². The van der Waals surface area contributed by atoms with Gasteiger partial charge in [-0.15, -0.1) is 11.3 Å². The number of hydrogen-bond donors (Lipinski definition) is 4. The predicted octanol–water partition coefficient (Wildman–Crippen LogP) is 3.79. The van der Waals surface area contributed by atoms with E-state index in [9.17, 15) is 4.79 Å². The van der Waals surface area contributed by atoms with Crippen LogP contribution < -0.4 is 21.1 Å². The summed E-state index contributed by atoms with van der Waals surface area (Å²) in [5, 5.41) is 17.7. The number of aromatic nitrogens is 1. The molecule has 2 aromatic heterocycles. The number of nitrogens with two attached hydrogens (primary N) is 1. The second-order valence-corrected chi connectivity index (χ2v) is 8.04. The Hall–Kier alpha value is -3.62. The molecule has 0 aliphatic carbocycles. The third-order valence-electron chi connectivity index (χ3n) is 4.91. The Morgan fingerprint density at radius 1 is 1.16 bits per heavy atom. The Morgan fingerprint density at radius 3 is 2.81 bits per heavy atom. The maximum Gasteiger partial charge on any atom is 0.254 e. The first kappa shape index (κ1) is 21.6. The Balaban J connectivity index is 1.47. The molecule has 4 aromatic rings. The average molecular weight is 449 g/mol. The molecule has 4 rings (SSSR count). The predicted molar refractivity (Wildman–Crippen MR) is 128 cm³/mol. The van der Waals surface area contributed by atoms with E-state index in [0.29, 0.717) is 24.5 Å². The van der Waals surface area contributed by atoms with Crippen LogP contribution in [0.1, 0.15) is 21.5 Å². The van der Waals surface area contributed by atoms with E-state index in [-0.39, 0.29) is 19.1 Å². The zero-order valence-corrected chi connectivity index (χ0v) is 18.2. The molecule has 0 spiro atoms. The van der Waals surface area contributed by atoms with Crippen molar-refractivity contribution in [3.63, 3.8) is 0 Å². The minimum absolute atomic E-state index is 0.124. The van der Waals surface area contributed by atoms with Crippen LogP contribution in [0.15, 0.2) is 66.2 Å². The first-order valence-corrected chi connectivity index (χ1v) is 11.1. The van der Waals surface area contributed by atoms with Crippen LogP contribution in [0, 0.1) is 0 Å². The number of benzene rings is 2. The molecule has 7 nitrogen and oxygen atoms in total. The van der Waals surface area contributed by atoms with Crippen molar-refractivity contribution in [2.24, 2.45) is 0 Å². The molecule has 2 heterocycles. The number of amides is 1. The summed E-state index contributed by atoms with van der Waals surface area (Å²) in [6.45, 7) is 1.05. The molecule has 0 aliphatic heterocycles. The molecule has 164 valence electrons. The summed E-state index contributed by atoms with van der Waals surface area (Å²) in [6.07, 6.45) is 1.47. The highest BCUT2D eigenvalue weighted by Crippen LogP contribution is 2.33. The molecule has 0 unspecified atom stereocenters. The SMILES string of the molecule is Nc1ncc(C(=O)NCCO)c2scc(COc3cccc(CNc4ccccc4)c3)c12. The first-order chi connectivity index (χ1) is 15.7. The van der Waals surface area contributed by atoms with Crippen molar-refractivity contribution in [3.8, 4) is 5.75 Å². The lowest BCUT2D eigenvalue weighted by Crippen LogP contribution is -2.26. The fourth-order valence-corrected chi connectivity index (χ4v) is 4.40. The van der Waals surface area contributed by atoms with Gasteiger partial charge in [-0.05, 0) is 35.2 Å². The summed E-state index contributed by atoms with van der Waals surface area (Å²) >= 11 is 1.43. The first-order valence-electron chi connectivity index (χ1n) is 10.2. The number of hydrogen-bond acceptors (Lipinski definition) is 7. The van der Waals surface area contributed by atoms with Crippen LogP contribution in [0.4, 0.5) is 11.5 Å². The van der Waals surface area contributed by atoms with E-state index in [1.54, 1.807) is 0 Å². The zero-order chi connectivity index (χ0) is 22.3. The molecule has 0 saturated carbocycles. The largest absolute Gasteiger partial charge is 0.489 e. The van der Waals surface area contributed by atoms with E-state index in [1.807, 2.05) is 60.0 Å². The topological polar surface area (TPSA) is 110 Å². The van der Waals surface area contributed by atoms with Crippen LogP contribution in [0.3, 0.4) is 0 Å². The van der Waals surface area contributed by atoms with Gasteiger partial charge in [-0.3, -0.25) is 4.79 Å². The van der Waals surface area contributed by atoms with Gasteiger partial charge >= 0.3 is 0 Å². The van der Waals surface area contributed by atoms with E-state index >= 15 is 0 Å². The lowest BCUT2D eigenvalue weighted by atomic mass is 10.1. The van der Waals surface area contributed by atoms with E-state index in [1.165, 1.54) is 17.5 Å². The number of nitrogens with one attached hydrogen (secondary N) is 2. The lowest BCUT2D eigenvalue weighted by molar-refractivity contribution is 0.0946. The van der Waals surface area contributed by atoms with Crippen LogP contribution in [0.25, 0.3) is 10.1 Å². The number of carbonyl (C=O) groups excluding carboxylic acids is 1. The zero-order valence-electron chi connectivity index (χ0n) is 17.4. The molecular formula is C24H24N4O3S. The Morgan fingerprint density at radius 2 is 2.00 bits per heavy atom. The van der Waals surface area contributed by atoms with Crippen molar-refractivity contribution in [3.05, 3.63) is 82.9 Å². The molecule has 0 saturated heterocycles. The van der Waals surface area contributed by atoms with Gasteiger partial charge in [0.15, 0.2) is 0 Å². The smallest absolute Gasteiger partial charge is 0.254 e. The van der Waals surface area contributed by atoms with E-state index in [4.69, 9.17) is 15.6 Å². The van der Waals surface area contributed by atoms with Crippen molar-refractivity contribution >= 4 is 38.8 Å². The van der Waals surface area contributed by atoms with Gasteiger partial charge < -0.3 is 26.2 Å². The van der Waals surface area contributed by atoms with Gasteiger partial charge in [0.25, 0.3) is 5.91 Å². The summed E-state index contributed by atoms with van der Waals surface area (Å²) in [5.41, 5.74) is 9.59. The summed E-state index contributed by atoms with van der Waals surface area (Å²) in [6, 6.07) is 17.9. The normalized spacial score (nSPS) is 10.8. The number of ether oxygens (including phenoxy) is 1.